The predicted molar refractivity (Wildman–Crippen MR) is 79.1 cm³/mol. The first-order valence-electron chi connectivity index (χ1n) is 6.29. The number of aryl methyl sites for hydroxylation is 3. The van der Waals surface area contributed by atoms with E-state index < -0.39 is 5.97 Å². The predicted octanol–water partition coefficient (Wildman–Crippen LogP) is 3.01. The molecule has 21 heavy (non-hydrogen) atoms. The number of anilines is 1. The zero-order valence-corrected chi connectivity index (χ0v) is 13.3. The summed E-state index contributed by atoms with van der Waals surface area (Å²) in [5.41, 5.74) is 2.09. The van der Waals surface area contributed by atoms with Gasteiger partial charge in [0.05, 0.1) is 18.4 Å². The minimum absolute atomic E-state index is 0.349. The smallest absolute Gasteiger partial charge is 0.341 e. The molecule has 112 valence electrons. The maximum atomic E-state index is 12.3. The summed E-state index contributed by atoms with van der Waals surface area (Å²) in [7, 11) is 1.31. The second kappa shape index (κ2) is 5.69. The van der Waals surface area contributed by atoms with Crippen LogP contribution in [0.4, 0.5) is 5.00 Å². The number of hydrogen-bond donors (Lipinski definition) is 1. The fourth-order valence-electron chi connectivity index (χ4n) is 2.04. The monoisotopic (exact) mass is 308 g/mol. The van der Waals surface area contributed by atoms with Crippen LogP contribution in [-0.2, 0) is 4.74 Å². The van der Waals surface area contributed by atoms with E-state index in [-0.39, 0.29) is 5.91 Å². The molecule has 2 aromatic heterocycles. The Bertz CT molecular complexity index is 695. The van der Waals surface area contributed by atoms with Crippen molar-refractivity contribution in [2.75, 3.05) is 12.4 Å². The van der Waals surface area contributed by atoms with Crippen LogP contribution >= 0.6 is 11.3 Å². The van der Waals surface area contributed by atoms with Crippen LogP contribution < -0.4 is 5.32 Å². The Labute approximate surface area is 126 Å². The lowest BCUT2D eigenvalue weighted by Gasteiger charge is -2.05. The molecular formula is C14H16N2O4S. The molecule has 0 fully saturated rings. The highest BCUT2D eigenvalue weighted by molar-refractivity contribution is 7.16. The number of carbonyl (C=O) groups excluding carboxylic acids is 2. The maximum absolute atomic E-state index is 12.3. The minimum Gasteiger partial charge on any atom is -0.465 e. The molecule has 6 nitrogen and oxygen atoms in total. The van der Waals surface area contributed by atoms with Crippen LogP contribution in [0.15, 0.2) is 4.52 Å². The molecular weight excluding hydrogens is 292 g/mol. The van der Waals surface area contributed by atoms with Crippen molar-refractivity contribution in [3.8, 4) is 0 Å². The van der Waals surface area contributed by atoms with Gasteiger partial charge in [-0.25, -0.2) is 4.79 Å². The number of rotatable bonds is 3. The highest BCUT2D eigenvalue weighted by atomic mass is 32.1. The third kappa shape index (κ3) is 2.69. The Kier molecular flexibility index (Phi) is 4.13. The van der Waals surface area contributed by atoms with Crippen molar-refractivity contribution in [3.05, 3.63) is 33.0 Å². The van der Waals surface area contributed by atoms with Gasteiger partial charge in [-0.1, -0.05) is 5.16 Å². The van der Waals surface area contributed by atoms with E-state index in [9.17, 15) is 9.59 Å². The first kappa shape index (κ1) is 15.2. The Morgan fingerprint density at radius 1 is 1.19 bits per heavy atom. The molecule has 0 aliphatic heterocycles. The van der Waals surface area contributed by atoms with Gasteiger partial charge in [0.15, 0.2) is 0 Å². The van der Waals surface area contributed by atoms with Gasteiger partial charge in [-0.2, -0.15) is 0 Å². The molecule has 7 heteroatoms. The van der Waals surface area contributed by atoms with E-state index in [4.69, 9.17) is 9.26 Å². The molecule has 0 bridgehead atoms. The third-order valence-electron chi connectivity index (χ3n) is 3.26. The quantitative estimate of drug-likeness (QED) is 0.881. The number of methoxy groups -OCH3 is 1. The molecule has 0 aliphatic carbocycles. The van der Waals surface area contributed by atoms with Gasteiger partial charge in [0.2, 0.25) is 0 Å². The van der Waals surface area contributed by atoms with Gasteiger partial charge in [0, 0.05) is 4.88 Å². The summed E-state index contributed by atoms with van der Waals surface area (Å²) in [6, 6.07) is 0. The van der Waals surface area contributed by atoms with Gasteiger partial charge in [0.1, 0.15) is 16.3 Å². The Balaban J connectivity index is 2.38. The molecule has 0 saturated carbocycles. The van der Waals surface area contributed by atoms with Crippen molar-refractivity contribution in [1.29, 1.82) is 0 Å². The van der Waals surface area contributed by atoms with Crippen LogP contribution in [0.25, 0.3) is 0 Å². The lowest BCUT2D eigenvalue weighted by atomic mass is 10.1. The topological polar surface area (TPSA) is 81.4 Å². The summed E-state index contributed by atoms with van der Waals surface area (Å²) in [5.74, 6) is -0.377. The zero-order valence-electron chi connectivity index (χ0n) is 12.5. The maximum Gasteiger partial charge on any atom is 0.341 e. The molecule has 0 aromatic carbocycles. The highest BCUT2D eigenvalue weighted by Gasteiger charge is 2.24. The summed E-state index contributed by atoms with van der Waals surface area (Å²) in [5, 5.41) is 6.98. The van der Waals surface area contributed by atoms with Gasteiger partial charge in [-0.3, -0.25) is 4.79 Å². The van der Waals surface area contributed by atoms with E-state index in [0.717, 1.165) is 10.4 Å². The van der Waals surface area contributed by atoms with Crippen molar-refractivity contribution in [3.63, 3.8) is 0 Å². The number of hydrogen-bond acceptors (Lipinski definition) is 6. The SMILES string of the molecule is COC(=O)c1c(NC(=O)c2c(C)noc2C)sc(C)c1C. The molecule has 0 atom stereocenters. The van der Waals surface area contributed by atoms with Crippen LogP contribution in [0.1, 0.15) is 42.6 Å². The summed E-state index contributed by atoms with van der Waals surface area (Å²) in [6.07, 6.45) is 0. The molecule has 0 unspecified atom stereocenters. The average molecular weight is 308 g/mol. The standard InChI is InChI=1S/C14H16N2O4S/c1-6-9(4)21-13(10(6)14(18)19-5)15-12(17)11-7(2)16-20-8(11)3/h1-5H3,(H,15,17). The summed E-state index contributed by atoms with van der Waals surface area (Å²) in [4.78, 5) is 25.2. The van der Waals surface area contributed by atoms with Crippen LogP contribution in [0.3, 0.4) is 0 Å². The number of nitrogens with zero attached hydrogens (tertiary/aromatic N) is 1. The normalized spacial score (nSPS) is 10.5. The van der Waals surface area contributed by atoms with Crippen LogP contribution in [0.2, 0.25) is 0 Å². The van der Waals surface area contributed by atoms with E-state index >= 15 is 0 Å². The third-order valence-corrected chi connectivity index (χ3v) is 4.39. The molecule has 0 aliphatic rings. The average Bonchev–Trinajstić information content (AvgIpc) is 2.90. The van der Waals surface area contributed by atoms with Crippen LogP contribution in [0.5, 0.6) is 0 Å². The number of carbonyl (C=O) groups is 2. The van der Waals surface area contributed by atoms with Crippen LogP contribution in [0, 0.1) is 27.7 Å². The van der Waals surface area contributed by atoms with Gasteiger partial charge in [-0.05, 0) is 33.3 Å². The number of nitrogens with one attached hydrogen (secondary N) is 1. The van der Waals surface area contributed by atoms with E-state index in [1.807, 2.05) is 13.8 Å². The lowest BCUT2D eigenvalue weighted by Crippen LogP contribution is -2.15. The molecule has 2 rings (SSSR count). The number of amides is 1. The molecule has 2 heterocycles. The van der Waals surface area contributed by atoms with E-state index in [1.54, 1.807) is 13.8 Å². The van der Waals surface area contributed by atoms with Gasteiger partial charge >= 0.3 is 5.97 Å². The summed E-state index contributed by atoms with van der Waals surface area (Å²) < 4.78 is 9.76. The van der Waals surface area contributed by atoms with Gasteiger partial charge in [-0.15, -0.1) is 11.3 Å². The van der Waals surface area contributed by atoms with Crippen molar-refractivity contribution < 1.29 is 18.8 Å². The summed E-state index contributed by atoms with van der Waals surface area (Å²) >= 11 is 1.34. The van der Waals surface area contributed by atoms with Gasteiger partial charge in [0.25, 0.3) is 5.91 Å². The molecule has 1 amide bonds. The van der Waals surface area contributed by atoms with E-state index in [2.05, 4.69) is 10.5 Å². The lowest BCUT2D eigenvalue weighted by molar-refractivity contribution is 0.0601. The first-order valence-corrected chi connectivity index (χ1v) is 7.11. The number of ether oxygens (including phenoxy) is 1. The van der Waals surface area contributed by atoms with Crippen molar-refractivity contribution in [1.82, 2.24) is 5.16 Å². The molecule has 0 spiro atoms. The van der Waals surface area contributed by atoms with Gasteiger partial charge < -0.3 is 14.6 Å². The fraction of sp³-hybridized carbons (Fsp3) is 0.357. The second-order valence-electron chi connectivity index (χ2n) is 4.63. The van der Waals surface area contributed by atoms with Crippen molar-refractivity contribution in [2.24, 2.45) is 0 Å². The fourth-order valence-corrected chi connectivity index (χ4v) is 3.08. The molecule has 1 N–H and O–H groups in total. The first-order chi connectivity index (χ1) is 9.86. The van der Waals surface area contributed by atoms with Crippen LogP contribution in [-0.4, -0.2) is 24.1 Å². The zero-order chi connectivity index (χ0) is 15.7. The highest BCUT2D eigenvalue weighted by Crippen LogP contribution is 2.33. The molecule has 2 aromatic rings. The van der Waals surface area contributed by atoms with Crippen molar-refractivity contribution >= 4 is 28.2 Å². The Hall–Kier alpha value is -2.15. The molecule has 0 saturated heterocycles. The van der Waals surface area contributed by atoms with E-state index in [0.29, 0.717) is 27.6 Å². The van der Waals surface area contributed by atoms with Crippen molar-refractivity contribution in [2.45, 2.75) is 27.7 Å². The van der Waals surface area contributed by atoms with E-state index in [1.165, 1.54) is 18.4 Å². The number of aromatic nitrogens is 1. The Morgan fingerprint density at radius 2 is 1.86 bits per heavy atom. The summed E-state index contributed by atoms with van der Waals surface area (Å²) in [6.45, 7) is 7.07. The minimum atomic E-state index is -0.467. The largest absolute Gasteiger partial charge is 0.465 e. The number of esters is 1. The number of thiophene rings is 1. The Morgan fingerprint density at radius 3 is 2.38 bits per heavy atom. The second-order valence-corrected chi connectivity index (χ2v) is 5.86. The molecule has 0 radical (unpaired) electrons.